The van der Waals surface area contributed by atoms with Crippen molar-refractivity contribution in [2.24, 2.45) is 0 Å². The van der Waals surface area contributed by atoms with Crippen LogP contribution >= 0.6 is 0 Å². The highest BCUT2D eigenvalue weighted by atomic mass is 16.3. The zero-order valence-corrected chi connectivity index (χ0v) is 33.6. The zero-order chi connectivity index (χ0) is 41.2. The van der Waals surface area contributed by atoms with Gasteiger partial charge in [0.1, 0.15) is 11.2 Å². The Labute approximate surface area is 359 Å². The highest BCUT2D eigenvalue weighted by molar-refractivity contribution is 6.13. The number of hydrogen-bond donors (Lipinski definition) is 0. The number of nitrogens with zero attached hydrogens (tertiary/aromatic N) is 4. The van der Waals surface area contributed by atoms with Gasteiger partial charge >= 0.3 is 0 Å². The summed E-state index contributed by atoms with van der Waals surface area (Å²) in [6.07, 6.45) is 0. The van der Waals surface area contributed by atoms with Crippen molar-refractivity contribution < 1.29 is 4.42 Å². The summed E-state index contributed by atoms with van der Waals surface area (Å²) < 4.78 is 6.72. The average molecular weight is 795 g/mol. The van der Waals surface area contributed by atoms with E-state index in [2.05, 4.69) is 163 Å². The Kier molecular flexibility index (Phi) is 9.45. The van der Waals surface area contributed by atoms with Gasteiger partial charge in [0.05, 0.1) is 0 Å². The molecule has 0 aliphatic heterocycles. The summed E-state index contributed by atoms with van der Waals surface area (Å²) in [6.45, 7) is 0. The van der Waals surface area contributed by atoms with Crippen LogP contribution in [-0.4, -0.2) is 15.0 Å². The van der Waals surface area contributed by atoms with Crippen LogP contribution in [0, 0.1) is 0 Å². The van der Waals surface area contributed by atoms with Gasteiger partial charge in [-0.25, -0.2) is 15.0 Å². The molecule has 0 amide bonds. The second-order valence-corrected chi connectivity index (χ2v) is 15.2. The number of aromatic nitrogens is 3. The highest BCUT2D eigenvalue weighted by Gasteiger charge is 2.19. The fourth-order valence-electron chi connectivity index (χ4n) is 8.27. The van der Waals surface area contributed by atoms with Crippen LogP contribution in [0.5, 0.6) is 0 Å². The number of benzene rings is 9. The number of fused-ring (bicyclic) bond motifs is 3. The lowest BCUT2D eigenvalue weighted by Crippen LogP contribution is -2.09. The van der Waals surface area contributed by atoms with E-state index in [4.69, 9.17) is 19.4 Å². The summed E-state index contributed by atoms with van der Waals surface area (Å²) >= 11 is 0. The topological polar surface area (TPSA) is 55.1 Å². The largest absolute Gasteiger partial charge is 0.456 e. The third kappa shape index (κ3) is 7.08. The highest BCUT2D eigenvalue weighted by Crippen LogP contribution is 2.42. The molecule has 0 fully saturated rings. The molecule has 0 aliphatic rings. The Morgan fingerprint density at radius 1 is 0.290 bits per heavy atom. The molecule has 5 nitrogen and oxygen atoms in total. The van der Waals surface area contributed by atoms with E-state index in [0.717, 1.165) is 66.8 Å². The number of anilines is 3. The third-order valence-electron chi connectivity index (χ3n) is 11.3. The van der Waals surface area contributed by atoms with E-state index in [0.29, 0.717) is 17.5 Å². The summed E-state index contributed by atoms with van der Waals surface area (Å²) in [5, 5.41) is 2.10. The maximum absolute atomic E-state index is 6.72. The lowest BCUT2D eigenvalue weighted by Gasteiger charge is -2.26. The zero-order valence-electron chi connectivity index (χ0n) is 33.6. The van der Waals surface area contributed by atoms with Crippen molar-refractivity contribution in [1.82, 2.24) is 15.0 Å². The Morgan fingerprint density at radius 2 is 0.710 bits per heavy atom. The van der Waals surface area contributed by atoms with Gasteiger partial charge in [0.2, 0.25) is 0 Å². The number of furan rings is 1. The molecule has 0 bridgehead atoms. The number of hydrogen-bond acceptors (Lipinski definition) is 5. The van der Waals surface area contributed by atoms with E-state index in [9.17, 15) is 0 Å². The van der Waals surface area contributed by atoms with E-state index in [1.54, 1.807) is 0 Å². The van der Waals surface area contributed by atoms with Crippen molar-refractivity contribution in [2.75, 3.05) is 4.90 Å². The smallest absolute Gasteiger partial charge is 0.164 e. The summed E-state index contributed by atoms with van der Waals surface area (Å²) in [7, 11) is 0. The van der Waals surface area contributed by atoms with Crippen LogP contribution in [0.4, 0.5) is 17.1 Å². The normalized spacial score (nSPS) is 11.2. The minimum absolute atomic E-state index is 0.613. The van der Waals surface area contributed by atoms with E-state index in [1.807, 2.05) is 72.8 Å². The van der Waals surface area contributed by atoms with Crippen molar-refractivity contribution >= 4 is 39.0 Å². The molecular formula is C57H38N4O. The molecule has 0 atom stereocenters. The van der Waals surface area contributed by atoms with Gasteiger partial charge < -0.3 is 9.32 Å². The Bertz CT molecular complexity index is 3170. The first kappa shape index (κ1) is 36.7. The molecule has 0 saturated carbocycles. The molecule has 11 rings (SSSR count). The molecular weight excluding hydrogens is 757 g/mol. The minimum Gasteiger partial charge on any atom is -0.456 e. The first-order valence-corrected chi connectivity index (χ1v) is 20.8. The molecule has 0 N–H and O–H groups in total. The monoisotopic (exact) mass is 794 g/mol. The fourth-order valence-corrected chi connectivity index (χ4v) is 8.27. The molecule has 0 saturated heterocycles. The van der Waals surface area contributed by atoms with Crippen molar-refractivity contribution in [3.05, 3.63) is 231 Å². The standard InChI is InChI=1S/C57H38N4O/c1-5-15-39(16-6-1)41-27-31-47(32-28-41)61(48-33-29-42(30-34-48)40-17-7-2-8-18-40)49-35-36-51-53(38-49)62-52-26-14-25-50(54(51)52)45-23-13-24-46(37-45)57-59-55(43-19-9-3-10-20-43)58-56(60-57)44-21-11-4-12-22-44/h1-38H. The van der Waals surface area contributed by atoms with E-state index in [1.165, 1.54) is 22.3 Å². The Balaban J connectivity index is 0.998. The van der Waals surface area contributed by atoms with Crippen molar-refractivity contribution in [2.45, 2.75) is 0 Å². The van der Waals surface area contributed by atoms with Crippen LogP contribution in [0.1, 0.15) is 0 Å². The summed E-state index contributed by atoms with van der Waals surface area (Å²) in [4.78, 5) is 17.2. The summed E-state index contributed by atoms with van der Waals surface area (Å²) in [5.74, 6) is 1.88. The first-order chi connectivity index (χ1) is 30.7. The predicted molar refractivity (Wildman–Crippen MR) is 254 cm³/mol. The molecule has 0 unspecified atom stereocenters. The van der Waals surface area contributed by atoms with Crippen LogP contribution in [0.15, 0.2) is 235 Å². The second-order valence-electron chi connectivity index (χ2n) is 15.2. The Hall–Kier alpha value is -8.41. The molecule has 0 spiro atoms. The average Bonchev–Trinajstić information content (AvgIpc) is 3.74. The van der Waals surface area contributed by atoms with Gasteiger partial charge in [-0.15, -0.1) is 0 Å². The number of rotatable bonds is 9. The predicted octanol–water partition coefficient (Wildman–Crippen LogP) is 15.2. The maximum atomic E-state index is 6.72. The van der Waals surface area contributed by atoms with Crippen molar-refractivity contribution in [3.63, 3.8) is 0 Å². The molecule has 11 aromatic rings. The van der Waals surface area contributed by atoms with Gasteiger partial charge in [-0.2, -0.15) is 0 Å². The van der Waals surface area contributed by atoms with E-state index >= 15 is 0 Å². The van der Waals surface area contributed by atoms with E-state index in [-0.39, 0.29) is 0 Å². The molecule has 62 heavy (non-hydrogen) atoms. The lowest BCUT2D eigenvalue weighted by molar-refractivity contribution is 0.669. The van der Waals surface area contributed by atoms with Gasteiger partial charge in [-0.3, -0.25) is 0 Å². The van der Waals surface area contributed by atoms with Crippen LogP contribution in [0.2, 0.25) is 0 Å². The third-order valence-corrected chi connectivity index (χ3v) is 11.3. The SMILES string of the molecule is c1ccc(-c2ccc(N(c3ccc(-c4ccccc4)cc3)c3ccc4c(c3)oc3cccc(-c5cccc(-c6nc(-c7ccccc7)nc(-c7ccccc7)n6)c5)c34)cc2)cc1. The molecule has 2 heterocycles. The van der Waals surface area contributed by atoms with Gasteiger partial charge in [-0.05, 0) is 81.9 Å². The molecule has 0 aliphatic carbocycles. The fraction of sp³-hybridized carbons (Fsp3) is 0. The van der Waals surface area contributed by atoms with Crippen molar-refractivity contribution in [3.8, 4) is 67.5 Å². The molecule has 2 aromatic heterocycles. The molecule has 9 aromatic carbocycles. The minimum atomic E-state index is 0.613. The molecule has 0 radical (unpaired) electrons. The Morgan fingerprint density at radius 3 is 1.24 bits per heavy atom. The van der Waals surface area contributed by atoms with Gasteiger partial charge in [0, 0.05) is 50.6 Å². The van der Waals surface area contributed by atoms with Crippen LogP contribution in [0.3, 0.4) is 0 Å². The van der Waals surface area contributed by atoms with Gasteiger partial charge in [0.25, 0.3) is 0 Å². The van der Waals surface area contributed by atoms with Crippen LogP contribution in [-0.2, 0) is 0 Å². The lowest BCUT2D eigenvalue weighted by atomic mass is 9.97. The second kappa shape index (κ2) is 16.0. The molecule has 292 valence electrons. The summed E-state index contributed by atoms with van der Waals surface area (Å²) in [5.41, 5.74) is 14.3. The van der Waals surface area contributed by atoms with Gasteiger partial charge in [0.15, 0.2) is 17.5 Å². The maximum Gasteiger partial charge on any atom is 0.164 e. The van der Waals surface area contributed by atoms with E-state index < -0.39 is 0 Å². The van der Waals surface area contributed by atoms with Crippen molar-refractivity contribution in [1.29, 1.82) is 0 Å². The van der Waals surface area contributed by atoms with Crippen LogP contribution in [0.25, 0.3) is 89.5 Å². The molecule has 5 heteroatoms. The first-order valence-electron chi connectivity index (χ1n) is 20.8. The quantitative estimate of drug-likeness (QED) is 0.146. The van der Waals surface area contributed by atoms with Gasteiger partial charge in [-0.1, -0.05) is 176 Å². The van der Waals surface area contributed by atoms with Crippen LogP contribution < -0.4 is 4.90 Å². The summed E-state index contributed by atoms with van der Waals surface area (Å²) in [6, 6.07) is 79.9.